The summed E-state index contributed by atoms with van der Waals surface area (Å²) in [6.45, 7) is 0. The number of nitrogens with zero attached hydrogens (tertiary/aromatic N) is 1. The fourth-order valence-electron chi connectivity index (χ4n) is 1.68. The zero-order valence-electron chi connectivity index (χ0n) is 9.45. The van der Waals surface area contributed by atoms with E-state index < -0.39 is 0 Å². The van der Waals surface area contributed by atoms with E-state index in [1.54, 1.807) is 11.3 Å². The van der Waals surface area contributed by atoms with E-state index in [9.17, 15) is 0 Å². The summed E-state index contributed by atoms with van der Waals surface area (Å²) in [6, 6.07) is 11.7. The van der Waals surface area contributed by atoms with Crippen LogP contribution in [0.2, 0.25) is 5.02 Å². The Hall–Kier alpha value is -0.620. The number of anilines is 2. The van der Waals surface area contributed by atoms with Crippen LogP contribution in [-0.2, 0) is 0 Å². The molecular formula is C13H7Br2ClN2S. The lowest BCUT2D eigenvalue weighted by Crippen LogP contribution is -1.91. The van der Waals surface area contributed by atoms with Gasteiger partial charge >= 0.3 is 0 Å². The van der Waals surface area contributed by atoms with Crippen LogP contribution in [0.1, 0.15) is 0 Å². The Morgan fingerprint density at radius 2 is 1.84 bits per heavy atom. The van der Waals surface area contributed by atoms with Crippen LogP contribution in [0.25, 0.3) is 10.2 Å². The number of benzene rings is 2. The summed E-state index contributed by atoms with van der Waals surface area (Å²) < 4.78 is 3.08. The van der Waals surface area contributed by atoms with Gasteiger partial charge in [0.2, 0.25) is 0 Å². The highest BCUT2D eigenvalue weighted by Gasteiger charge is 2.09. The first-order valence-electron chi connectivity index (χ1n) is 5.40. The van der Waals surface area contributed by atoms with Gasteiger partial charge in [0.25, 0.3) is 0 Å². The number of fused-ring (bicyclic) bond motifs is 1. The number of para-hydroxylation sites is 1. The first kappa shape index (κ1) is 13.4. The van der Waals surface area contributed by atoms with E-state index in [1.807, 2.05) is 36.4 Å². The highest BCUT2D eigenvalue weighted by Crippen LogP contribution is 2.36. The molecule has 0 radical (unpaired) electrons. The van der Waals surface area contributed by atoms with Crippen LogP contribution in [0.5, 0.6) is 0 Å². The summed E-state index contributed by atoms with van der Waals surface area (Å²) >= 11 is 14.6. The van der Waals surface area contributed by atoms with E-state index >= 15 is 0 Å². The van der Waals surface area contributed by atoms with Crippen molar-refractivity contribution in [3.8, 4) is 0 Å². The highest BCUT2D eigenvalue weighted by molar-refractivity contribution is 9.11. The minimum atomic E-state index is 0.700. The molecule has 0 aliphatic carbocycles. The number of halogens is 3. The second kappa shape index (κ2) is 5.40. The highest BCUT2D eigenvalue weighted by atomic mass is 79.9. The summed E-state index contributed by atoms with van der Waals surface area (Å²) in [5.74, 6) is 0. The van der Waals surface area contributed by atoms with Gasteiger partial charge < -0.3 is 5.32 Å². The molecule has 19 heavy (non-hydrogen) atoms. The number of rotatable bonds is 2. The predicted octanol–water partition coefficient (Wildman–Crippen LogP) is 6.22. The van der Waals surface area contributed by atoms with Crippen LogP contribution in [0.15, 0.2) is 45.3 Å². The largest absolute Gasteiger partial charge is 0.330 e. The molecule has 3 aromatic rings. The smallest absolute Gasteiger partial charge is 0.188 e. The van der Waals surface area contributed by atoms with Gasteiger partial charge in [0.15, 0.2) is 5.13 Å². The normalized spacial score (nSPS) is 10.9. The molecule has 0 spiro atoms. The molecule has 2 aromatic carbocycles. The molecule has 0 unspecified atom stereocenters. The number of aromatic nitrogens is 1. The SMILES string of the molecule is Clc1ccc2sc(Nc3c(Br)cccc3Br)nc2c1. The van der Waals surface area contributed by atoms with E-state index in [4.69, 9.17) is 11.6 Å². The second-order valence-corrected chi connectivity index (χ2v) is 7.03. The van der Waals surface area contributed by atoms with E-state index in [0.29, 0.717) is 5.02 Å². The molecule has 0 fully saturated rings. The third-order valence-electron chi connectivity index (χ3n) is 2.54. The number of thiazole rings is 1. The monoisotopic (exact) mass is 416 g/mol. The Bertz CT molecular complexity index is 737. The van der Waals surface area contributed by atoms with Crippen molar-refractivity contribution in [2.24, 2.45) is 0 Å². The van der Waals surface area contributed by atoms with Gasteiger partial charge in [0, 0.05) is 14.0 Å². The number of nitrogens with one attached hydrogen (secondary N) is 1. The van der Waals surface area contributed by atoms with E-state index in [0.717, 1.165) is 30.0 Å². The molecule has 0 saturated heterocycles. The van der Waals surface area contributed by atoms with Gasteiger partial charge in [-0.25, -0.2) is 4.98 Å². The zero-order valence-corrected chi connectivity index (χ0v) is 14.2. The quantitative estimate of drug-likeness (QED) is 0.534. The van der Waals surface area contributed by atoms with Gasteiger partial charge in [-0.3, -0.25) is 0 Å². The maximum absolute atomic E-state index is 5.97. The van der Waals surface area contributed by atoms with Crippen LogP contribution in [0, 0.1) is 0 Å². The number of hydrogen-bond acceptors (Lipinski definition) is 3. The Morgan fingerprint density at radius 1 is 1.11 bits per heavy atom. The fourth-order valence-corrected chi connectivity index (χ4v) is 3.89. The maximum Gasteiger partial charge on any atom is 0.188 e. The average Bonchev–Trinajstić information content (AvgIpc) is 2.75. The van der Waals surface area contributed by atoms with Crippen molar-refractivity contribution in [2.75, 3.05) is 5.32 Å². The standard InChI is InChI=1S/C13H7Br2ClN2S/c14-8-2-1-3-9(15)12(8)18-13-17-10-6-7(16)4-5-11(10)19-13/h1-6H,(H,17,18). The Labute approximate surface area is 136 Å². The van der Waals surface area contributed by atoms with Crippen LogP contribution in [0.3, 0.4) is 0 Å². The first-order valence-corrected chi connectivity index (χ1v) is 8.18. The molecule has 1 aromatic heterocycles. The van der Waals surface area contributed by atoms with Crippen molar-refractivity contribution < 1.29 is 0 Å². The minimum Gasteiger partial charge on any atom is -0.330 e. The lowest BCUT2D eigenvalue weighted by atomic mass is 10.3. The summed E-state index contributed by atoms with van der Waals surface area (Å²) in [6.07, 6.45) is 0. The van der Waals surface area contributed by atoms with Gasteiger partial charge in [-0.1, -0.05) is 29.0 Å². The summed E-state index contributed by atoms with van der Waals surface area (Å²) in [5.41, 5.74) is 1.87. The Morgan fingerprint density at radius 3 is 2.58 bits per heavy atom. The molecule has 1 heterocycles. The van der Waals surface area contributed by atoms with Gasteiger partial charge in [0.05, 0.1) is 15.9 Å². The molecule has 0 bridgehead atoms. The van der Waals surface area contributed by atoms with Crippen molar-refractivity contribution >= 4 is 75.8 Å². The van der Waals surface area contributed by atoms with Gasteiger partial charge in [-0.15, -0.1) is 0 Å². The average molecular weight is 419 g/mol. The van der Waals surface area contributed by atoms with Crippen LogP contribution < -0.4 is 5.32 Å². The summed E-state index contributed by atoms with van der Waals surface area (Å²) in [7, 11) is 0. The van der Waals surface area contributed by atoms with Gasteiger partial charge in [0.1, 0.15) is 0 Å². The van der Waals surface area contributed by atoms with Crippen LogP contribution in [0.4, 0.5) is 10.8 Å². The Kier molecular flexibility index (Phi) is 3.80. The third-order valence-corrected chi connectivity index (χ3v) is 5.05. The van der Waals surface area contributed by atoms with Gasteiger partial charge in [-0.2, -0.15) is 0 Å². The van der Waals surface area contributed by atoms with Crippen molar-refractivity contribution in [3.63, 3.8) is 0 Å². The van der Waals surface area contributed by atoms with E-state index in [2.05, 4.69) is 42.2 Å². The Balaban J connectivity index is 2.01. The lowest BCUT2D eigenvalue weighted by molar-refractivity contribution is 1.42. The third kappa shape index (κ3) is 2.79. The second-order valence-electron chi connectivity index (χ2n) is 3.85. The molecule has 96 valence electrons. The lowest BCUT2D eigenvalue weighted by Gasteiger charge is -2.07. The molecule has 2 nitrogen and oxygen atoms in total. The summed E-state index contributed by atoms with van der Waals surface area (Å²) in [4.78, 5) is 4.53. The molecule has 1 N–H and O–H groups in total. The molecule has 0 atom stereocenters. The number of hydrogen-bond donors (Lipinski definition) is 1. The van der Waals surface area contributed by atoms with Crippen molar-refractivity contribution in [3.05, 3.63) is 50.4 Å². The van der Waals surface area contributed by atoms with Crippen LogP contribution in [-0.4, -0.2) is 4.98 Å². The predicted molar refractivity (Wildman–Crippen MR) is 89.8 cm³/mol. The molecular weight excluding hydrogens is 411 g/mol. The molecule has 0 aliphatic rings. The maximum atomic E-state index is 5.97. The zero-order chi connectivity index (χ0) is 13.4. The molecule has 0 aliphatic heterocycles. The van der Waals surface area contributed by atoms with E-state index in [1.165, 1.54) is 0 Å². The van der Waals surface area contributed by atoms with Gasteiger partial charge in [-0.05, 0) is 62.2 Å². The molecule has 0 amide bonds. The fraction of sp³-hybridized carbons (Fsp3) is 0. The first-order chi connectivity index (χ1) is 9.13. The summed E-state index contributed by atoms with van der Waals surface area (Å²) in [5, 5.41) is 4.86. The van der Waals surface area contributed by atoms with Crippen molar-refractivity contribution in [2.45, 2.75) is 0 Å². The molecule has 3 rings (SSSR count). The topological polar surface area (TPSA) is 24.9 Å². The molecule has 0 saturated carbocycles. The van der Waals surface area contributed by atoms with Crippen molar-refractivity contribution in [1.29, 1.82) is 0 Å². The minimum absolute atomic E-state index is 0.700. The molecule has 6 heteroatoms. The van der Waals surface area contributed by atoms with Crippen LogP contribution >= 0.6 is 54.8 Å². The van der Waals surface area contributed by atoms with E-state index in [-0.39, 0.29) is 0 Å². The van der Waals surface area contributed by atoms with Crippen molar-refractivity contribution in [1.82, 2.24) is 4.98 Å².